The second-order valence-corrected chi connectivity index (χ2v) is 8.47. The first-order valence-electron chi connectivity index (χ1n) is 8.81. The van der Waals surface area contributed by atoms with E-state index in [1.54, 1.807) is 18.2 Å². The molecule has 2 aromatic rings. The average molecular weight is 428 g/mol. The first-order chi connectivity index (χ1) is 13.7. The highest BCUT2D eigenvalue weighted by atomic mass is 32.2. The average Bonchev–Trinajstić information content (AvgIpc) is 2.70. The maximum absolute atomic E-state index is 13.9. The molecule has 0 N–H and O–H groups in total. The number of amides is 1. The summed E-state index contributed by atoms with van der Waals surface area (Å²) in [7, 11) is -4.36. The number of piperazine rings is 1. The minimum atomic E-state index is -4.36. The van der Waals surface area contributed by atoms with E-state index >= 15 is 0 Å². The molecule has 0 unspecified atom stereocenters. The van der Waals surface area contributed by atoms with E-state index in [9.17, 15) is 26.4 Å². The maximum Gasteiger partial charge on any atom is 0.260 e. The van der Waals surface area contributed by atoms with Crippen LogP contribution >= 0.6 is 0 Å². The molecular formula is C19H19F3N2O4S. The zero-order valence-corrected chi connectivity index (χ0v) is 16.4. The summed E-state index contributed by atoms with van der Waals surface area (Å²) >= 11 is 0. The summed E-state index contributed by atoms with van der Waals surface area (Å²) in [5, 5.41) is 0. The van der Waals surface area contributed by atoms with E-state index in [-0.39, 0.29) is 38.7 Å². The van der Waals surface area contributed by atoms with Crippen LogP contribution in [0.15, 0.2) is 41.3 Å². The number of hydrogen-bond acceptors (Lipinski definition) is 4. The summed E-state index contributed by atoms with van der Waals surface area (Å²) in [5.41, 5.74) is 0.984. The van der Waals surface area contributed by atoms with Gasteiger partial charge in [-0.25, -0.2) is 21.6 Å². The summed E-state index contributed by atoms with van der Waals surface area (Å²) in [6.07, 6.45) is 0. The molecule has 1 heterocycles. The van der Waals surface area contributed by atoms with Crippen LogP contribution in [0.2, 0.25) is 0 Å². The van der Waals surface area contributed by atoms with Crippen molar-refractivity contribution in [3.63, 3.8) is 0 Å². The van der Waals surface area contributed by atoms with Crippen molar-refractivity contribution in [2.24, 2.45) is 0 Å². The third-order valence-corrected chi connectivity index (χ3v) is 6.48. The Labute approximate surface area is 166 Å². The number of carbonyl (C=O) groups excluding carboxylic acids is 1. The van der Waals surface area contributed by atoms with E-state index in [1.807, 2.05) is 13.0 Å². The van der Waals surface area contributed by atoms with Crippen molar-refractivity contribution in [1.82, 2.24) is 9.21 Å². The predicted molar refractivity (Wildman–Crippen MR) is 98.3 cm³/mol. The van der Waals surface area contributed by atoms with Crippen LogP contribution in [0.1, 0.15) is 5.56 Å². The van der Waals surface area contributed by atoms with Gasteiger partial charge in [-0.15, -0.1) is 0 Å². The fourth-order valence-electron chi connectivity index (χ4n) is 2.97. The van der Waals surface area contributed by atoms with Crippen molar-refractivity contribution >= 4 is 15.9 Å². The zero-order chi connectivity index (χ0) is 21.2. The molecule has 156 valence electrons. The Hall–Kier alpha value is -2.59. The SMILES string of the molecule is Cc1cccc(OCC(=O)N2CCN(S(=O)(=O)c3ccc(F)c(F)c3F)CC2)c1. The lowest BCUT2D eigenvalue weighted by atomic mass is 10.2. The van der Waals surface area contributed by atoms with Crippen LogP contribution in [0.25, 0.3) is 0 Å². The molecule has 0 spiro atoms. The fraction of sp³-hybridized carbons (Fsp3) is 0.316. The molecule has 1 aliphatic heterocycles. The quantitative estimate of drug-likeness (QED) is 0.686. The van der Waals surface area contributed by atoms with Gasteiger partial charge in [0.2, 0.25) is 10.0 Å². The minimum absolute atomic E-state index is 0.0700. The van der Waals surface area contributed by atoms with Crippen LogP contribution in [0.5, 0.6) is 5.75 Å². The predicted octanol–water partition coefficient (Wildman–Crippen LogP) is 2.32. The number of sulfonamides is 1. The van der Waals surface area contributed by atoms with Crippen molar-refractivity contribution in [2.45, 2.75) is 11.8 Å². The normalized spacial score (nSPS) is 15.4. The highest BCUT2D eigenvalue weighted by molar-refractivity contribution is 7.89. The van der Waals surface area contributed by atoms with Gasteiger partial charge in [0.1, 0.15) is 10.6 Å². The molecule has 3 rings (SSSR count). The standard InChI is InChI=1S/C19H19F3N2O4S/c1-13-3-2-4-14(11-13)28-12-17(25)23-7-9-24(10-8-23)29(26,27)16-6-5-15(20)18(21)19(16)22/h2-6,11H,7-10,12H2,1H3. The molecule has 10 heteroatoms. The molecule has 0 bridgehead atoms. The van der Waals surface area contributed by atoms with E-state index in [4.69, 9.17) is 4.74 Å². The summed E-state index contributed by atoms with van der Waals surface area (Å²) < 4.78 is 71.9. The van der Waals surface area contributed by atoms with Crippen LogP contribution in [-0.4, -0.2) is 56.3 Å². The molecule has 6 nitrogen and oxygen atoms in total. The van der Waals surface area contributed by atoms with Gasteiger partial charge in [-0.1, -0.05) is 12.1 Å². The fourth-order valence-corrected chi connectivity index (χ4v) is 4.44. The Morgan fingerprint density at radius 1 is 1.03 bits per heavy atom. The third-order valence-electron chi connectivity index (χ3n) is 4.56. The number of ether oxygens (including phenoxy) is 1. The largest absolute Gasteiger partial charge is 0.484 e. The molecule has 0 atom stereocenters. The van der Waals surface area contributed by atoms with Gasteiger partial charge < -0.3 is 9.64 Å². The van der Waals surface area contributed by atoms with Crippen molar-refractivity contribution in [3.05, 3.63) is 59.4 Å². The number of halogens is 3. The van der Waals surface area contributed by atoms with E-state index < -0.39 is 32.4 Å². The van der Waals surface area contributed by atoms with Gasteiger partial charge in [-0.3, -0.25) is 4.79 Å². The lowest BCUT2D eigenvalue weighted by Crippen LogP contribution is -2.51. The number of carbonyl (C=O) groups is 1. The van der Waals surface area contributed by atoms with Gasteiger partial charge in [0.15, 0.2) is 24.1 Å². The van der Waals surface area contributed by atoms with Crippen molar-refractivity contribution < 1.29 is 31.1 Å². The third kappa shape index (κ3) is 4.54. The lowest BCUT2D eigenvalue weighted by Gasteiger charge is -2.34. The number of hydrogen-bond donors (Lipinski definition) is 0. The van der Waals surface area contributed by atoms with Gasteiger partial charge in [0.25, 0.3) is 5.91 Å². The van der Waals surface area contributed by atoms with Crippen molar-refractivity contribution in [3.8, 4) is 5.75 Å². The second-order valence-electron chi connectivity index (χ2n) is 6.56. The van der Waals surface area contributed by atoms with Crippen LogP contribution in [0.4, 0.5) is 13.2 Å². The number of nitrogens with zero attached hydrogens (tertiary/aromatic N) is 2. The van der Waals surface area contributed by atoms with Gasteiger partial charge in [-0.05, 0) is 36.8 Å². The van der Waals surface area contributed by atoms with Crippen molar-refractivity contribution in [1.29, 1.82) is 0 Å². The maximum atomic E-state index is 13.9. The zero-order valence-electron chi connectivity index (χ0n) is 15.6. The Balaban J connectivity index is 1.61. The van der Waals surface area contributed by atoms with Crippen LogP contribution < -0.4 is 4.74 Å². The minimum Gasteiger partial charge on any atom is -0.484 e. The lowest BCUT2D eigenvalue weighted by molar-refractivity contribution is -0.134. The highest BCUT2D eigenvalue weighted by Gasteiger charge is 2.33. The van der Waals surface area contributed by atoms with Crippen LogP contribution in [0, 0.1) is 24.4 Å². The molecule has 1 amide bonds. The molecular weight excluding hydrogens is 409 g/mol. The van der Waals surface area contributed by atoms with E-state index in [0.717, 1.165) is 9.87 Å². The summed E-state index contributed by atoms with van der Waals surface area (Å²) in [6, 6.07) is 8.46. The summed E-state index contributed by atoms with van der Waals surface area (Å²) in [4.78, 5) is 12.8. The molecule has 0 radical (unpaired) electrons. The first-order valence-corrected chi connectivity index (χ1v) is 10.2. The monoisotopic (exact) mass is 428 g/mol. The number of aryl methyl sites for hydroxylation is 1. The first kappa shape index (κ1) is 21.1. The molecule has 1 saturated heterocycles. The van der Waals surface area contributed by atoms with E-state index in [0.29, 0.717) is 17.9 Å². The molecule has 2 aromatic carbocycles. The smallest absolute Gasteiger partial charge is 0.260 e. The second kappa shape index (κ2) is 8.42. The van der Waals surface area contributed by atoms with Gasteiger partial charge in [0, 0.05) is 26.2 Å². The Bertz CT molecular complexity index is 1020. The Kier molecular flexibility index (Phi) is 6.13. The van der Waals surface area contributed by atoms with Crippen molar-refractivity contribution in [2.75, 3.05) is 32.8 Å². The number of benzene rings is 2. The molecule has 0 saturated carbocycles. The van der Waals surface area contributed by atoms with E-state index in [1.165, 1.54) is 4.90 Å². The molecule has 0 aliphatic carbocycles. The molecule has 29 heavy (non-hydrogen) atoms. The molecule has 0 aromatic heterocycles. The van der Waals surface area contributed by atoms with Crippen LogP contribution in [-0.2, 0) is 14.8 Å². The van der Waals surface area contributed by atoms with Gasteiger partial charge in [-0.2, -0.15) is 4.31 Å². The highest BCUT2D eigenvalue weighted by Crippen LogP contribution is 2.24. The molecule has 1 fully saturated rings. The Morgan fingerprint density at radius 3 is 2.38 bits per heavy atom. The summed E-state index contributed by atoms with van der Waals surface area (Å²) in [6.45, 7) is 1.63. The topological polar surface area (TPSA) is 66.9 Å². The van der Waals surface area contributed by atoms with E-state index in [2.05, 4.69) is 0 Å². The summed E-state index contributed by atoms with van der Waals surface area (Å²) in [5.74, 6) is -4.83. The van der Waals surface area contributed by atoms with Crippen LogP contribution in [0.3, 0.4) is 0 Å². The number of rotatable bonds is 5. The molecule has 1 aliphatic rings. The van der Waals surface area contributed by atoms with Gasteiger partial charge >= 0.3 is 0 Å². The Morgan fingerprint density at radius 2 is 1.72 bits per heavy atom. The van der Waals surface area contributed by atoms with Gasteiger partial charge in [0.05, 0.1) is 0 Å².